The fourth-order valence-electron chi connectivity index (χ4n) is 1.35. The zero-order valence-electron chi connectivity index (χ0n) is 7.29. The Morgan fingerprint density at radius 3 is 2.46 bits per heavy atom. The lowest BCUT2D eigenvalue weighted by molar-refractivity contribution is 0.445. The number of halogens is 2. The standard InChI is InChI=1S/C10H12BrN.ClH/c11-9-6-1-2-7-10(9)12-8-4-3-5-8;/h1-2,6-8,12H,3-5H2;1H. The molecule has 1 N–H and O–H groups in total. The van der Waals surface area contributed by atoms with E-state index >= 15 is 0 Å². The molecule has 0 aliphatic heterocycles. The molecule has 13 heavy (non-hydrogen) atoms. The number of nitrogens with one attached hydrogen (secondary N) is 1. The van der Waals surface area contributed by atoms with Crippen molar-refractivity contribution in [2.75, 3.05) is 5.32 Å². The van der Waals surface area contributed by atoms with Gasteiger partial charge in [0.2, 0.25) is 0 Å². The summed E-state index contributed by atoms with van der Waals surface area (Å²) in [5.74, 6) is 0. The first kappa shape index (κ1) is 10.9. The first-order valence-corrected chi connectivity index (χ1v) is 5.16. The van der Waals surface area contributed by atoms with Gasteiger partial charge in [-0.1, -0.05) is 12.1 Å². The van der Waals surface area contributed by atoms with Crippen molar-refractivity contribution in [3.05, 3.63) is 28.7 Å². The largest absolute Gasteiger partial charge is 0.381 e. The SMILES string of the molecule is Brc1ccccc1NC1CCC1.Cl. The zero-order chi connectivity index (χ0) is 8.39. The third-order valence-electron chi connectivity index (χ3n) is 2.34. The van der Waals surface area contributed by atoms with Crippen LogP contribution in [0.5, 0.6) is 0 Å². The summed E-state index contributed by atoms with van der Waals surface area (Å²) >= 11 is 3.52. The lowest BCUT2D eigenvalue weighted by Crippen LogP contribution is -2.27. The van der Waals surface area contributed by atoms with Crippen LogP contribution in [0.4, 0.5) is 5.69 Å². The van der Waals surface area contributed by atoms with Crippen LogP contribution in [-0.4, -0.2) is 6.04 Å². The molecule has 0 spiro atoms. The summed E-state index contributed by atoms with van der Waals surface area (Å²) in [6.45, 7) is 0. The van der Waals surface area contributed by atoms with Gasteiger partial charge in [0, 0.05) is 16.2 Å². The molecule has 0 unspecified atom stereocenters. The predicted octanol–water partition coefficient (Wildman–Crippen LogP) is 3.84. The number of benzene rings is 1. The Kier molecular flexibility index (Phi) is 4.07. The van der Waals surface area contributed by atoms with Gasteiger partial charge in [-0.2, -0.15) is 0 Å². The molecule has 0 bridgehead atoms. The van der Waals surface area contributed by atoms with Crippen LogP contribution >= 0.6 is 28.3 Å². The summed E-state index contributed by atoms with van der Waals surface area (Å²) in [7, 11) is 0. The molecule has 2 rings (SSSR count). The zero-order valence-corrected chi connectivity index (χ0v) is 9.70. The van der Waals surface area contributed by atoms with Crippen molar-refractivity contribution in [3.63, 3.8) is 0 Å². The topological polar surface area (TPSA) is 12.0 Å². The molecule has 3 heteroatoms. The van der Waals surface area contributed by atoms with Gasteiger partial charge in [0.1, 0.15) is 0 Å². The van der Waals surface area contributed by atoms with E-state index in [4.69, 9.17) is 0 Å². The number of rotatable bonds is 2. The second-order valence-corrected chi connectivity index (χ2v) is 4.11. The maximum atomic E-state index is 3.52. The van der Waals surface area contributed by atoms with Crippen LogP contribution in [0.25, 0.3) is 0 Å². The van der Waals surface area contributed by atoms with Gasteiger partial charge in [-0.15, -0.1) is 12.4 Å². The third kappa shape index (κ3) is 2.61. The van der Waals surface area contributed by atoms with Gasteiger partial charge in [0.25, 0.3) is 0 Å². The Morgan fingerprint density at radius 1 is 1.23 bits per heavy atom. The predicted molar refractivity (Wildman–Crippen MR) is 62.7 cm³/mol. The number of anilines is 1. The van der Waals surface area contributed by atoms with Crippen LogP contribution in [0, 0.1) is 0 Å². The molecule has 0 amide bonds. The van der Waals surface area contributed by atoms with Gasteiger partial charge in [0.05, 0.1) is 0 Å². The van der Waals surface area contributed by atoms with E-state index in [0.29, 0.717) is 6.04 Å². The second-order valence-electron chi connectivity index (χ2n) is 3.25. The van der Waals surface area contributed by atoms with Gasteiger partial charge in [0.15, 0.2) is 0 Å². The Balaban J connectivity index is 0.000000845. The normalized spacial score (nSPS) is 15.8. The van der Waals surface area contributed by atoms with Crippen molar-refractivity contribution in [2.45, 2.75) is 25.3 Å². The first-order valence-electron chi connectivity index (χ1n) is 4.37. The van der Waals surface area contributed by atoms with E-state index in [1.54, 1.807) is 0 Å². The van der Waals surface area contributed by atoms with Crippen LogP contribution in [0.3, 0.4) is 0 Å². The molecule has 1 saturated carbocycles. The fraction of sp³-hybridized carbons (Fsp3) is 0.400. The molecule has 0 aromatic heterocycles. The monoisotopic (exact) mass is 261 g/mol. The molecule has 1 aliphatic rings. The van der Waals surface area contributed by atoms with Crippen LogP contribution < -0.4 is 5.32 Å². The average molecular weight is 263 g/mol. The van der Waals surface area contributed by atoms with Gasteiger partial charge >= 0.3 is 0 Å². The number of hydrogen-bond donors (Lipinski definition) is 1. The Bertz CT molecular complexity index is 273. The summed E-state index contributed by atoms with van der Waals surface area (Å²) in [5.41, 5.74) is 1.22. The molecule has 1 aromatic carbocycles. The molecule has 0 atom stereocenters. The molecule has 1 fully saturated rings. The quantitative estimate of drug-likeness (QED) is 0.854. The molecule has 1 nitrogen and oxygen atoms in total. The van der Waals surface area contributed by atoms with E-state index < -0.39 is 0 Å². The fourth-order valence-corrected chi connectivity index (χ4v) is 1.75. The minimum Gasteiger partial charge on any atom is -0.381 e. The summed E-state index contributed by atoms with van der Waals surface area (Å²) in [6.07, 6.45) is 4.02. The van der Waals surface area contributed by atoms with Crippen molar-refractivity contribution in [3.8, 4) is 0 Å². The van der Waals surface area contributed by atoms with Crippen LogP contribution in [-0.2, 0) is 0 Å². The van der Waals surface area contributed by atoms with E-state index in [9.17, 15) is 0 Å². The molecule has 1 aromatic rings. The second kappa shape index (κ2) is 4.87. The lowest BCUT2D eigenvalue weighted by atomic mass is 9.93. The maximum absolute atomic E-state index is 3.52. The molecule has 0 saturated heterocycles. The summed E-state index contributed by atoms with van der Waals surface area (Å²) in [6, 6.07) is 8.99. The minimum absolute atomic E-state index is 0. The smallest absolute Gasteiger partial charge is 0.0486 e. The van der Waals surface area contributed by atoms with Gasteiger partial charge in [-0.3, -0.25) is 0 Å². The molecule has 72 valence electrons. The maximum Gasteiger partial charge on any atom is 0.0486 e. The molecule has 1 aliphatic carbocycles. The lowest BCUT2D eigenvalue weighted by Gasteiger charge is -2.27. The van der Waals surface area contributed by atoms with Crippen LogP contribution in [0.1, 0.15) is 19.3 Å². The summed E-state index contributed by atoms with van der Waals surface area (Å²) in [4.78, 5) is 0. The number of para-hydroxylation sites is 1. The highest BCUT2D eigenvalue weighted by Gasteiger charge is 2.17. The third-order valence-corrected chi connectivity index (χ3v) is 3.03. The Labute approximate surface area is 93.5 Å². The number of hydrogen-bond acceptors (Lipinski definition) is 1. The summed E-state index contributed by atoms with van der Waals surface area (Å²) in [5, 5.41) is 3.50. The van der Waals surface area contributed by atoms with E-state index in [0.717, 1.165) is 4.47 Å². The van der Waals surface area contributed by atoms with Crippen LogP contribution in [0.15, 0.2) is 28.7 Å². The van der Waals surface area contributed by atoms with Gasteiger partial charge < -0.3 is 5.32 Å². The van der Waals surface area contributed by atoms with Crippen molar-refractivity contribution in [1.29, 1.82) is 0 Å². The molecular formula is C10H13BrClN. The van der Waals surface area contributed by atoms with E-state index in [2.05, 4.69) is 39.4 Å². The molecular weight excluding hydrogens is 249 g/mol. The van der Waals surface area contributed by atoms with Crippen molar-refractivity contribution in [2.24, 2.45) is 0 Å². The highest BCUT2D eigenvalue weighted by Crippen LogP contribution is 2.27. The average Bonchev–Trinajstić information content (AvgIpc) is 2.00. The molecule has 0 radical (unpaired) electrons. The van der Waals surface area contributed by atoms with E-state index in [1.807, 2.05) is 6.07 Å². The van der Waals surface area contributed by atoms with Crippen LogP contribution in [0.2, 0.25) is 0 Å². The minimum atomic E-state index is 0. The van der Waals surface area contributed by atoms with Gasteiger partial charge in [-0.25, -0.2) is 0 Å². The Morgan fingerprint density at radius 2 is 1.92 bits per heavy atom. The van der Waals surface area contributed by atoms with E-state index in [-0.39, 0.29) is 12.4 Å². The highest BCUT2D eigenvalue weighted by atomic mass is 79.9. The van der Waals surface area contributed by atoms with Crippen molar-refractivity contribution in [1.82, 2.24) is 0 Å². The van der Waals surface area contributed by atoms with Crippen molar-refractivity contribution >= 4 is 34.0 Å². The highest BCUT2D eigenvalue weighted by molar-refractivity contribution is 9.10. The molecule has 0 heterocycles. The first-order chi connectivity index (χ1) is 5.86. The van der Waals surface area contributed by atoms with E-state index in [1.165, 1.54) is 24.9 Å². The van der Waals surface area contributed by atoms with Gasteiger partial charge in [-0.05, 0) is 47.3 Å². The Hall–Kier alpha value is -0.210. The summed E-state index contributed by atoms with van der Waals surface area (Å²) < 4.78 is 1.16. The van der Waals surface area contributed by atoms with Crippen molar-refractivity contribution < 1.29 is 0 Å².